The summed E-state index contributed by atoms with van der Waals surface area (Å²) in [7, 11) is 0. The van der Waals surface area contributed by atoms with Crippen LogP contribution >= 0.6 is 11.6 Å². The van der Waals surface area contributed by atoms with Gasteiger partial charge in [0.15, 0.2) is 0 Å². The molecule has 0 saturated carbocycles. The standard InChI is InChI=1S/C4H6O2.C3H6O.C2H3Cl/c1-3-6-4(2)5;1-3(2)4;1-2-3/h3H,1H2,2H3;1-2H3;2H,1H2. The SMILES string of the molecule is C=CCl.C=COC(C)=O.CC(C)=O. The minimum absolute atomic E-state index is 0.167. The molecule has 0 amide bonds. The number of esters is 1. The van der Waals surface area contributed by atoms with Crippen molar-refractivity contribution in [3.63, 3.8) is 0 Å². The highest BCUT2D eigenvalue weighted by atomic mass is 35.5. The van der Waals surface area contributed by atoms with Crippen LogP contribution in [0.1, 0.15) is 20.8 Å². The van der Waals surface area contributed by atoms with Crippen LogP contribution in [0.5, 0.6) is 0 Å². The van der Waals surface area contributed by atoms with Crippen molar-refractivity contribution in [2.75, 3.05) is 0 Å². The molecule has 0 radical (unpaired) electrons. The van der Waals surface area contributed by atoms with Crippen molar-refractivity contribution in [1.29, 1.82) is 0 Å². The van der Waals surface area contributed by atoms with Crippen LogP contribution in [0.3, 0.4) is 0 Å². The summed E-state index contributed by atoms with van der Waals surface area (Å²) < 4.78 is 4.17. The fourth-order valence-corrected chi connectivity index (χ4v) is 0.117. The lowest BCUT2D eigenvalue weighted by Crippen LogP contribution is -1.87. The summed E-state index contributed by atoms with van der Waals surface area (Å²) in [5.41, 5.74) is 1.22. The van der Waals surface area contributed by atoms with Crippen LogP contribution in [0, 0.1) is 0 Å². The second-order valence-electron chi connectivity index (χ2n) is 1.84. The quantitative estimate of drug-likeness (QED) is 0.489. The van der Waals surface area contributed by atoms with Crippen LogP contribution in [0.25, 0.3) is 0 Å². The van der Waals surface area contributed by atoms with E-state index < -0.39 is 0 Å². The van der Waals surface area contributed by atoms with Gasteiger partial charge in [0.25, 0.3) is 0 Å². The summed E-state index contributed by atoms with van der Waals surface area (Å²) in [6.07, 6.45) is 1.10. The van der Waals surface area contributed by atoms with E-state index in [9.17, 15) is 9.59 Å². The molecule has 0 aliphatic heterocycles. The van der Waals surface area contributed by atoms with Crippen molar-refractivity contribution in [2.45, 2.75) is 20.8 Å². The normalized spacial score (nSPS) is 6.15. The third-order valence-corrected chi connectivity index (χ3v) is 0.249. The Balaban J connectivity index is -0.000000125. The van der Waals surface area contributed by atoms with Gasteiger partial charge in [0.1, 0.15) is 5.78 Å². The number of carbonyl (C=O) groups is 2. The smallest absolute Gasteiger partial charge is 0.307 e. The van der Waals surface area contributed by atoms with Gasteiger partial charge >= 0.3 is 5.97 Å². The molecule has 0 aromatic heterocycles. The number of halogens is 1. The van der Waals surface area contributed by atoms with Crippen LogP contribution in [0.4, 0.5) is 0 Å². The van der Waals surface area contributed by atoms with Crippen LogP contribution in [-0.4, -0.2) is 11.8 Å². The summed E-state index contributed by atoms with van der Waals surface area (Å²) in [6.45, 7) is 10.7. The average molecular weight is 207 g/mol. The highest BCUT2D eigenvalue weighted by Crippen LogP contribution is 1.70. The maximum absolute atomic E-state index is 9.75. The van der Waals surface area contributed by atoms with E-state index in [-0.39, 0.29) is 11.8 Å². The van der Waals surface area contributed by atoms with Crippen LogP contribution < -0.4 is 0 Å². The zero-order valence-corrected chi connectivity index (χ0v) is 8.93. The van der Waals surface area contributed by atoms with E-state index in [1.807, 2.05) is 0 Å². The van der Waals surface area contributed by atoms with Gasteiger partial charge < -0.3 is 9.53 Å². The first-order chi connectivity index (χ1) is 5.92. The number of hydrogen-bond acceptors (Lipinski definition) is 3. The number of ketones is 1. The minimum atomic E-state index is -0.329. The molecule has 0 aromatic rings. The maximum atomic E-state index is 9.75. The van der Waals surface area contributed by atoms with Gasteiger partial charge in [-0.1, -0.05) is 24.8 Å². The van der Waals surface area contributed by atoms with E-state index in [0.29, 0.717) is 0 Å². The molecular weight excluding hydrogens is 192 g/mol. The summed E-state index contributed by atoms with van der Waals surface area (Å²) >= 11 is 4.76. The first kappa shape index (κ1) is 17.9. The molecule has 0 N–H and O–H groups in total. The second-order valence-corrected chi connectivity index (χ2v) is 2.15. The van der Waals surface area contributed by atoms with E-state index in [1.54, 1.807) is 0 Å². The monoisotopic (exact) mass is 206 g/mol. The van der Waals surface area contributed by atoms with Gasteiger partial charge in [0.05, 0.1) is 6.26 Å². The Bertz CT molecular complexity index is 160. The molecule has 0 bridgehead atoms. The molecule has 0 fully saturated rings. The summed E-state index contributed by atoms with van der Waals surface area (Å²) in [6, 6.07) is 0. The highest BCUT2D eigenvalue weighted by Gasteiger charge is 1.79. The van der Waals surface area contributed by atoms with Crippen LogP contribution in [-0.2, 0) is 14.3 Å². The van der Waals surface area contributed by atoms with Crippen molar-refractivity contribution in [2.24, 2.45) is 0 Å². The Morgan fingerprint density at radius 2 is 1.46 bits per heavy atom. The Hall–Kier alpha value is -1.09. The molecule has 0 aliphatic rings. The predicted octanol–water partition coefficient (Wildman–Crippen LogP) is 2.66. The molecule has 4 heteroatoms. The van der Waals surface area contributed by atoms with Gasteiger partial charge in [-0.3, -0.25) is 4.79 Å². The summed E-state index contributed by atoms with van der Waals surface area (Å²) in [5.74, 6) is -0.162. The summed E-state index contributed by atoms with van der Waals surface area (Å²) in [5, 5.41) is 0. The predicted molar refractivity (Wildman–Crippen MR) is 54.4 cm³/mol. The average Bonchev–Trinajstić information content (AvgIpc) is 1.86. The highest BCUT2D eigenvalue weighted by molar-refractivity contribution is 6.25. The van der Waals surface area contributed by atoms with E-state index >= 15 is 0 Å². The molecule has 0 aromatic carbocycles. The number of hydrogen-bond donors (Lipinski definition) is 0. The molecule has 13 heavy (non-hydrogen) atoms. The number of rotatable bonds is 1. The fraction of sp³-hybridized carbons (Fsp3) is 0.333. The molecule has 0 unspecified atom stereocenters. The number of carbonyl (C=O) groups excluding carboxylic acids is 2. The van der Waals surface area contributed by atoms with Crippen molar-refractivity contribution >= 4 is 23.4 Å². The second kappa shape index (κ2) is 17.1. The molecule has 0 saturated heterocycles. The Labute approximate surface area is 84.0 Å². The molecule has 0 atom stereocenters. The van der Waals surface area contributed by atoms with Gasteiger partial charge in [0, 0.05) is 6.92 Å². The van der Waals surface area contributed by atoms with E-state index in [0.717, 1.165) is 6.26 Å². The molecule has 0 aliphatic carbocycles. The van der Waals surface area contributed by atoms with Crippen LogP contribution in [0.2, 0.25) is 0 Å². The van der Waals surface area contributed by atoms with E-state index in [2.05, 4.69) is 17.9 Å². The summed E-state index contributed by atoms with van der Waals surface area (Å²) in [4.78, 5) is 19.2. The molecule has 0 heterocycles. The lowest BCUT2D eigenvalue weighted by atomic mass is 10.6. The van der Waals surface area contributed by atoms with Crippen LogP contribution in [0.15, 0.2) is 25.0 Å². The molecule has 0 rings (SSSR count). The lowest BCUT2D eigenvalue weighted by molar-refractivity contribution is -0.135. The fourth-order valence-electron chi connectivity index (χ4n) is 0.117. The minimum Gasteiger partial charge on any atom is -0.435 e. The van der Waals surface area contributed by atoms with Gasteiger partial charge in [0.2, 0.25) is 0 Å². The number of ether oxygens (including phenoxy) is 1. The van der Waals surface area contributed by atoms with E-state index in [4.69, 9.17) is 11.6 Å². The zero-order valence-electron chi connectivity index (χ0n) is 8.17. The van der Waals surface area contributed by atoms with E-state index in [1.165, 1.54) is 26.3 Å². The first-order valence-corrected chi connectivity index (χ1v) is 3.82. The van der Waals surface area contributed by atoms with Gasteiger partial charge in [-0.25, -0.2) is 0 Å². The molecular formula is C9H15ClO3. The Morgan fingerprint density at radius 3 is 1.46 bits per heavy atom. The topological polar surface area (TPSA) is 43.4 Å². The Kier molecular flexibility index (Phi) is 23.5. The third-order valence-electron chi connectivity index (χ3n) is 0.249. The first-order valence-electron chi connectivity index (χ1n) is 3.38. The van der Waals surface area contributed by atoms with Gasteiger partial charge in [-0.15, -0.1) is 0 Å². The lowest BCUT2D eigenvalue weighted by Gasteiger charge is -1.83. The van der Waals surface area contributed by atoms with Crippen molar-refractivity contribution in [3.05, 3.63) is 25.0 Å². The molecule has 76 valence electrons. The number of Topliss-reactive ketones (excluding diaryl/α,β-unsaturated/α-hetero) is 1. The molecule has 3 nitrogen and oxygen atoms in total. The third kappa shape index (κ3) is 237. The van der Waals surface area contributed by atoms with Gasteiger partial charge in [-0.2, -0.15) is 0 Å². The van der Waals surface area contributed by atoms with Crippen molar-refractivity contribution in [1.82, 2.24) is 0 Å². The van der Waals surface area contributed by atoms with Crippen molar-refractivity contribution < 1.29 is 14.3 Å². The van der Waals surface area contributed by atoms with Crippen molar-refractivity contribution in [3.8, 4) is 0 Å². The Morgan fingerprint density at radius 1 is 1.23 bits per heavy atom. The molecule has 0 spiro atoms. The maximum Gasteiger partial charge on any atom is 0.307 e. The van der Waals surface area contributed by atoms with Gasteiger partial charge in [-0.05, 0) is 19.4 Å². The largest absolute Gasteiger partial charge is 0.435 e. The zero-order chi connectivity index (χ0) is 11.3.